The molecule has 3 rings (SSSR count). The summed E-state index contributed by atoms with van der Waals surface area (Å²) < 4.78 is 0. The number of benzene rings is 1. The molecular weight excluding hydrogens is 356 g/mol. The van der Waals surface area contributed by atoms with Gasteiger partial charge in [0.1, 0.15) is 0 Å². The summed E-state index contributed by atoms with van der Waals surface area (Å²) in [5.74, 6) is -0.227. The largest absolute Gasteiger partial charge is 0.335 e. The second-order valence-corrected chi connectivity index (χ2v) is 7.84. The predicted molar refractivity (Wildman–Crippen MR) is 106 cm³/mol. The fourth-order valence-electron chi connectivity index (χ4n) is 4.07. The first-order chi connectivity index (χ1) is 13.5. The minimum absolute atomic E-state index is 0.0311. The average Bonchev–Trinajstić information content (AvgIpc) is 2.74. The van der Waals surface area contributed by atoms with Gasteiger partial charge in [-0.05, 0) is 31.9 Å². The summed E-state index contributed by atoms with van der Waals surface area (Å²) in [5, 5.41) is 5.41. The van der Waals surface area contributed by atoms with E-state index in [1.807, 2.05) is 42.2 Å². The maximum absolute atomic E-state index is 12.5. The van der Waals surface area contributed by atoms with Gasteiger partial charge in [0.25, 0.3) is 11.8 Å². The number of carbonyl (C=O) groups excluding carboxylic acids is 3. The molecule has 1 saturated heterocycles. The smallest absolute Gasteiger partial charge is 0.321 e. The molecule has 1 aliphatic carbocycles. The third-order valence-corrected chi connectivity index (χ3v) is 5.90. The first kappa shape index (κ1) is 20.3. The van der Waals surface area contributed by atoms with Gasteiger partial charge in [-0.3, -0.25) is 14.9 Å². The number of amides is 4. The van der Waals surface area contributed by atoms with Gasteiger partial charge in [-0.15, -0.1) is 0 Å². The van der Waals surface area contributed by atoms with E-state index < -0.39 is 0 Å². The van der Waals surface area contributed by atoms with Crippen LogP contribution >= 0.6 is 0 Å². The summed E-state index contributed by atoms with van der Waals surface area (Å²) in [4.78, 5) is 40.0. The Labute approximate surface area is 166 Å². The highest BCUT2D eigenvalue weighted by Crippen LogP contribution is 2.17. The van der Waals surface area contributed by atoms with Gasteiger partial charge in [-0.2, -0.15) is 0 Å². The van der Waals surface area contributed by atoms with Gasteiger partial charge < -0.3 is 15.1 Å². The van der Waals surface area contributed by atoms with Crippen LogP contribution in [0.3, 0.4) is 0 Å². The average molecular weight is 388 g/mol. The quantitative estimate of drug-likeness (QED) is 0.707. The predicted octanol–water partition coefficient (Wildman–Crippen LogP) is 0.574. The standard InChI is InChI=1S/C21H30N4O3/c1-16(19(26)23-21(28)22-18-10-6-3-7-11-18)24-12-14-25(15-13-24)20(27)17-8-4-2-5-9-17/h2,4-5,8-9,16,18H,3,6-7,10-15H2,1H3,(H2,22,23,26,28)/p+1/t16-/m0/s1. The van der Waals surface area contributed by atoms with Crippen molar-refractivity contribution in [1.29, 1.82) is 0 Å². The number of carbonyl (C=O) groups is 3. The molecule has 1 aromatic carbocycles. The summed E-state index contributed by atoms with van der Waals surface area (Å²) in [6, 6.07) is 8.72. The van der Waals surface area contributed by atoms with Crippen molar-refractivity contribution in [2.45, 2.75) is 51.1 Å². The SMILES string of the molecule is C[C@@H](C(=O)NC(=O)NC1CCCCC1)[NH+]1CCN(C(=O)c2ccccc2)CC1. The van der Waals surface area contributed by atoms with Crippen LogP contribution in [0.25, 0.3) is 0 Å². The monoisotopic (exact) mass is 387 g/mol. The normalized spacial score (nSPS) is 19.7. The Morgan fingerprint density at radius 2 is 1.68 bits per heavy atom. The number of urea groups is 1. The molecule has 0 spiro atoms. The fraction of sp³-hybridized carbons (Fsp3) is 0.571. The van der Waals surface area contributed by atoms with Gasteiger partial charge in [-0.25, -0.2) is 4.79 Å². The van der Waals surface area contributed by atoms with Crippen molar-refractivity contribution in [3.8, 4) is 0 Å². The molecule has 2 aliphatic rings. The van der Waals surface area contributed by atoms with Crippen LogP contribution in [0.15, 0.2) is 30.3 Å². The maximum Gasteiger partial charge on any atom is 0.321 e. The fourth-order valence-corrected chi connectivity index (χ4v) is 4.07. The molecule has 7 nitrogen and oxygen atoms in total. The van der Waals surface area contributed by atoms with E-state index in [9.17, 15) is 14.4 Å². The number of hydrogen-bond acceptors (Lipinski definition) is 3. The number of quaternary nitrogens is 1. The van der Waals surface area contributed by atoms with Gasteiger partial charge >= 0.3 is 6.03 Å². The molecule has 1 heterocycles. The first-order valence-electron chi connectivity index (χ1n) is 10.3. The second-order valence-electron chi connectivity index (χ2n) is 7.84. The van der Waals surface area contributed by atoms with Crippen molar-refractivity contribution in [3.63, 3.8) is 0 Å². The number of hydrogen-bond donors (Lipinski definition) is 3. The van der Waals surface area contributed by atoms with E-state index in [2.05, 4.69) is 10.6 Å². The number of piperazine rings is 1. The van der Waals surface area contributed by atoms with Crippen molar-refractivity contribution in [2.24, 2.45) is 0 Å². The number of nitrogens with one attached hydrogen (secondary N) is 3. The molecule has 0 unspecified atom stereocenters. The molecule has 7 heteroatoms. The number of nitrogens with zero attached hydrogens (tertiary/aromatic N) is 1. The Kier molecular flexibility index (Phi) is 7.03. The van der Waals surface area contributed by atoms with Gasteiger partial charge in [0.2, 0.25) is 0 Å². The van der Waals surface area contributed by atoms with Crippen LogP contribution in [0.4, 0.5) is 4.79 Å². The van der Waals surface area contributed by atoms with Crippen molar-refractivity contribution in [3.05, 3.63) is 35.9 Å². The van der Waals surface area contributed by atoms with Gasteiger partial charge in [0, 0.05) is 11.6 Å². The molecule has 1 atom stereocenters. The maximum atomic E-state index is 12.5. The van der Waals surface area contributed by atoms with Crippen LogP contribution in [0.2, 0.25) is 0 Å². The van der Waals surface area contributed by atoms with Crippen molar-refractivity contribution >= 4 is 17.8 Å². The van der Waals surface area contributed by atoms with E-state index in [0.717, 1.165) is 30.6 Å². The lowest BCUT2D eigenvalue weighted by Crippen LogP contribution is -3.19. The lowest BCUT2D eigenvalue weighted by atomic mass is 9.96. The highest BCUT2D eigenvalue weighted by molar-refractivity contribution is 5.96. The minimum atomic E-state index is -0.388. The zero-order valence-electron chi connectivity index (χ0n) is 16.6. The number of rotatable bonds is 4. The van der Waals surface area contributed by atoms with Crippen LogP contribution in [0.1, 0.15) is 49.4 Å². The topological polar surface area (TPSA) is 82.9 Å². The zero-order valence-corrected chi connectivity index (χ0v) is 16.6. The van der Waals surface area contributed by atoms with Crippen molar-refractivity contribution in [2.75, 3.05) is 26.2 Å². The summed E-state index contributed by atoms with van der Waals surface area (Å²) in [5.41, 5.74) is 0.691. The molecule has 4 amide bonds. The highest BCUT2D eigenvalue weighted by Gasteiger charge is 2.32. The molecule has 1 aromatic rings. The molecule has 0 aromatic heterocycles. The van der Waals surface area contributed by atoms with Crippen LogP contribution in [-0.2, 0) is 4.79 Å². The Morgan fingerprint density at radius 1 is 1.04 bits per heavy atom. The molecule has 0 bridgehead atoms. The van der Waals surface area contributed by atoms with E-state index >= 15 is 0 Å². The highest BCUT2D eigenvalue weighted by atomic mass is 16.2. The van der Waals surface area contributed by atoms with E-state index in [4.69, 9.17) is 0 Å². The van der Waals surface area contributed by atoms with E-state index in [1.54, 1.807) is 0 Å². The second kappa shape index (κ2) is 9.68. The van der Waals surface area contributed by atoms with Crippen molar-refractivity contribution in [1.82, 2.24) is 15.5 Å². The number of imide groups is 1. The Hall–Kier alpha value is -2.41. The lowest BCUT2D eigenvalue weighted by Gasteiger charge is -2.34. The van der Waals surface area contributed by atoms with Gasteiger partial charge in [0.05, 0.1) is 26.2 Å². The van der Waals surface area contributed by atoms with Gasteiger partial charge in [0.15, 0.2) is 6.04 Å². The van der Waals surface area contributed by atoms with Crippen LogP contribution < -0.4 is 15.5 Å². The van der Waals surface area contributed by atoms with E-state index in [-0.39, 0.29) is 29.9 Å². The summed E-state index contributed by atoms with van der Waals surface area (Å²) >= 11 is 0. The van der Waals surface area contributed by atoms with Crippen LogP contribution in [0, 0.1) is 0 Å². The Balaban J connectivity index is 1.43. The molecule has 2 fully saturated rings. The lowest BCUT2D eigenvalue weighted by molar-refractivity contribution is -0.917. The molecular formula is C21H31N4O3+. The molecule has 1 saturated carbocycles. The van der Waals surface area contributed by atoms with E-state index in [0.29, 0.717) is 31.7 Å². The zero-order chi connectivity index (χ0) is 19.9. The molecule has 0 radical (unpaired) electrons. The first-order valence-corrected chi connectivity index (χ1v) is 10.3. The van der Waals surface area contributed by atoms with E-state index in [1.165, 1.54) is 6.42 Å². The summed E-state index contributed by atoms with van der Waals surface area (Å²) in [7, 11) is 0. The molecule has 1 aliphatic heterocycles. The van der Waals surface area contributed by atoms with Crippen LogP contribution in [-0.4, -0.2) is 61.0 Å². The molecule has 3 N–H and O–H groups in total. The summed E-state index contributed by atoms with van der Waals surface area (Å²) in [6.07, 6.45) is 5.45. The molecule has 28 heavy (non-hydrogen) atoms. The minimum Gasteiger partial charge on any atom is -0.335 e. The third kappa shape index (κ3) is 5.32. The van der Waals surface area contributed by atoms with Gasteiger partial charge in [-0.1, -0.05) is 37.5 Å². The third-order valence-electron chi connectivity index (χ3n) is 5.90. The Morgan fingerprint density at radius 3 is 2.32 bits per heavy atom. The summed E-state index contributed by atoms with van der Waals surface area (Å²) in [6.45, 7) is 4.44. The van der Waals surface area contributed by atoms with Crippen molar-refractivity contribution < 1.29 is 19.3 Å². The molecule has 152 valence electrons. The Bertz CT molecular complexity index is 680. The van der Waals surface area contributed by atoms with Crippen LogP contribution in [0.5, 0.6) is 0 Å².